The van der Waals surface area contributed by atoms with Crippen molar-refractivity contribution in [3.8, 4) is 46.0 Å². The van der Waals surface area contributed by atoms with Gasteiger partial charge in [0.25, 0.3) is 0 Å². The third-order valence-corrected chi connectivity index (χ3v) is 6.28. The molecule has 0 spiro atoms. The van der Waals surface area contributed by atoms with Crippen LogP contribution in [0.25, 0.3) is 17.0 Å². The lowest BCUT2D eigenvalue weighted by Gasteiger charge is -2.28. The zero-order chi connectivity index (χ0) is 24.8. The summed E-state index contributed by atoms with van der Waals surface area (Å²) in [5.41, 5.74) is 4.00. The Morgan fingerprint density at radius 1 is 0.889 bits per heavy atom. The van der Waals surface area contributed by atoms with Crippen LogP contribution < -0.4 is 18.9 Å². The molecule has 1 N–H and O–H groups in total. The number of fused-ring (bicyclic) bond motifs is 4. The second kappa shape index (κ2) is 8.46. The van der Waals surface area contributed by atoms with Gasteiger partial charge in [0.2, 0.25) is 5.88 Å². The highest BCUT2D eigenvalue weighted by molar-refractivity contribution is 5.69. The third kappa shape index (κ3) is 3.44. The van der Waals surface area contributed by atoms with Crippen LogP contribution in [0.2, 0.25) is 0 Å². The molecule has 180 valence electrons. The molecule has 0 aliphatic carbocycles. The lowest BCUT2D eigenvalue weighted by Crippen LogP contribution is -2.15. The summed E-state index contributed by atoms with van der Waals surface area (Å²) in [5.74, 6) is 3.24. The average molecular weight is 482 g/mol. The molecular weight excluding hydrogens is 460 g/mol. The van der Waals surface area contributed by atoms with Crippen molar-refractivity contribution in [2.75, 3.05) is 21.3 Å². The standard InChI is InChI=1S/C27H22N4O5/c1-33-18-8-4-15(5-9-18)25-29-26-24-23(16-6-11-20(34-2)22(12-16)35-3)19-10-7-17(32)13-21(19)36-27(24)28-14-31(26)30-25/h4-14,23,32H,1-3H3/t23-/m1/s1. The van der Waals surface area contributed by atoms with Crippen LogP contribution in [0.3, 0.4) is 0 Å². The minimum Gasteiger partial charge on any atom is -0.508 e. The minimum atomic E-state index is -0.312. The fourth-order valence-corrected chi connectivity index (χ4v) is 4.54. The summed E-state index contributed by atoms with van der Waals surface area (Å²) < 4.78 is 24.1. The highest BCUT2D eigenvalue weighted by Gasteiger charge is 2.34. The van der Waals surface area contributed by atoms with Crippen LogP contribution in [-0.2, 0) is 0 Å². The minimum absolute atomic E-state index is 0.105. The van der Waals surface area contributed by atoms with E-state index >= 15 is 0 Å². The highest BCUT2D eigenvalue weighted by atomic mass is 16.5. The number of nitrogens with zero attached hydrogens (tertiary/aromatic N) is 4. The number of aromatic nitrogens is 4. The van der Waals surface area contributed by atoms with E-state index in [2.05, 4.69) is 10.1 Å². The van der Waals surface area contributed by atoms with Gasteiger partial charge in [0.1, 0.15) is 23.6 Å². The smallest absolute Gasteiger partial charge is 0.228 e. The van der Waals surface area contributed by atoms with Crippen LogP contribution in [0.4, 0.5) is 0 Å². The van der Waals surface area contributed by atoms with Crippen molar-refractivity contribution in [1.29, 1.82) is 0 Å². The monoisotopic (exact) mass is 482 g/mol. The molecule has 1 aliphatic rings. The van der Waals surface area contributed by atoms with Crippen molar-refractivity contribution >= 4 is 5.65 Å². The van der Waals surface area contributed by atoms with Crippen LogP contribution >= 0.6 is 0 Å². The fraction of sp³-hybridized carbons (Fsp3) is 0.148. The Balaban J connectivity index is 1.57. The first-order valence-corrected chi connectivity index (χ1v) is 11.2. The maximum Gasteiger partial charge on any atom is 0.228 e. The van der Waals surface area contributed by atoms with Crippen molar-refractivity contribution in [3.63, 3.8) is 0 Å². The number of phenolic OH excluding ortho intramolecular Hbond substituents is 1. The first kappa shape index (κ1) is 21.7. The largest absolute Gasteiger partial charge is 0.508 e. The molecule has 0 fully saturated rings. The average Bonchev–Trinajstić information content (AvgIpc) is 3.36. The van der Waals surface area contributed by atoms with Gasteiger partial charge in [-0.3, -0.25) is 0 Å². The third-order valence-electron chi connectivity index (χ3n) is 6.28. The van der Waals surface area contributed by atoms with E-state index in [0.717, 1.165) is 28.0 Å². The molecule has 5 aromatic rings. The van der Waals surface area contributed by atoms with Crippen molar-refractivity contribution in [2.24, 2.45) is 0 Å². The van der Waals surface area contributed by atoms with Gasteiger partial charge in [-0.15, -0.1) is 5.10 Å². The van der Waals surface area contributed by atoms with Gasteiger partial charge in [-0.25, -0.2) is 14.5 Å². The number of phenols is 1. The van der Waals surface area contributed by atoms with E-state index in [-0.39, 0.29) is 11.7 Å². The van der Waals surface area contributed by atoms with Crippen molar-refractivity contribution < 1.29 is 24.1 Å². The SMILES string of the molecule is COc1ccc(-c2nc3c4c(ncn3n2)Oc2cc(O)ccc2[C@H]4c2ccc(OC)c(OC)c2)cc1. The Morgan fingerprint density at radius 3 is 2.44 bits per heavy atom. The van der Waals surface area contributed by atoms with Gasteiger partial charge in [-0.1, -0.05) is 12.1 Å². The van der Waals surface area contributed by atoms with Gasteiger partial charge in [0.05, 0.1) is 26.9 Å². The summed E-state index contributed by atoms with van der Waals surface area (Å²) in [4.78, 5) is 9.42. The number of benzene rings is 3. The number of aromatic hydroxyl groups is 1. The number of rotatable bonds is 5. The van der Waals surface area contributed by atoms with E-state index < -0.39 is 0 Å². The van der Waals surface area contributed by atoms with Crippen LogP contribution in [0.1, 0.15) is 22.6 Å². The molecule has 0 amide bonds. The maximum atomic E-state index is 10.1. The zero-order valence-electron chi connectivity index (χ0n) is 19.8. The number of ether oxygens (including phenoxy) is 4. The van der Waals surface area contributed by atoms with E-state index in [0.29, 0.717) is 34.6 Å². The van der Waals surface area contributed by atoms with E-state index in [1.54, 1.807) is 44.3 Å². The number of hydrogen-bond donors (Lipinski definition) is 1. The Morgan fingerprint density at radius 2 is 1.69 bits per heavy atom. The zero-order valence-corrected chi connectivity index (χ0v) is 19.8. The topological polar surface area (TPSA) is 100 Å². The predicted octanol–water partition coefficient (Wildman–Crippen LogP) is 4.81. The molecule has 1 aliphatic heterocycles. The lowest BCUT2D eigenvalue weighted by atomic mass is 9.83. The molecular formula is C27H22N4O5. The quantitative estimate of drug-likeness (QED) is 0.374. The molecule has 1 atom stereocenters. The molecule has 0 saturated heterocycles. The van der Waals surface area contributed by atoms with Crippen LogP contribution in [0, 0.1) is 0 Å². The van der Waals surface area contributed by atoms with Gasteiger partial charge >= 0.3 is 0 Å². The molecule has 9 heteroatoms. The molecule has 2 aromatic heterocycles. The Hall–Kier alpha value is -4.79. The summed E-state index contributed by atoms with van der Waals surface area (Å²) in [6.07, 6.45) is 1.58. The molecule has 0 saturated carbocycles. The van der Waals surface area contributed by atoms with Crippen molar-refractivity contribution in [2.45, 2.75) is 5.92 Å². The summed E-state index contributed by atoms with van der Waals surface area (Å²) in [6, 6.07) is 18.4. The molecule has 6 rings (SSSR count). The first-order valence-electron chi connectivity index (χ1n) is 11.2. The van der Waals surface area contributed by atoms with E-state index in [1.807, 2.05) is 48.5 Å². The van der Waals surface area contributed by atoms with E-state index in [4.69, 9.17) is 23.9 Å². The molecule has 3 aromatic carbocycles. The second-order valence-electron chi connectivity index (χ2n) is 8.27. The lowest BCUT2D eigenvalue weighted by molar-refractivity contribution is 0.354. The van der Waals surface area contributed by atoms with Gasteiger partial charge in [-0.2, -0.15) is 0 Å². The summed E-state index contributed by atoms with van der Waals surface area (Å²) in [7, 11) is 4.83. The first-order chi connectivity index (χ1) is 17.6. The second-order valence-corrected chi connectivity index (χ2v) is 8.27. The molecule has 0 radical (unpaired) electrons. The number of hydrogen-bond acceptors (Lipinski definition) is 8. The normalized spacial score (nSPS) is 14.0. The molecule has 9 nitrogen and oxygen atoms in total. The van der Waals surface area contributed by atoms with E-state index in [9.17, 15) is 5.11 Å². The molecule has 0 unspecified atom stereocenters. The van der Waals surface area contributed by atoms with Crippen LogP contribution in [-0.4, -0.2) is 46.0 Å². The van der Waals surface area contributed by atoms with Gasteiger partial charge in [0, 0.05) is 23.1 Å². The van der Waals surface area contributed by atoms with Crippen LogP contribution in [0.15, 0.2) is 67.0 Å². The summed E-state index contributed by atoms with van der Waals surface area (Å²) in [6.45, 7) is 0. The molecule has 36 heavy (non-hydrogen) atoms. The van der Waals surface area contributed by atoms with Crippen molar-refractivity contribution in [3.05, 3.63) is 83.7 Å². The predicted molar refractivity (Wildman–Crippen MR) is 131 cm³/mol. The fourth-order valence-electron chi connectivity index (χ4n) is 4.54. The van der Waals surface area contributed by atoms with E-state index in [1.165, 1.54) is 0 Å². The molecule has 3 heterocycles. The number of methoxy groups -OCH3 is 3. The molecule has 0 bridgehead atoms. The van der Waals surface area contributed by atoms with Crippen LogP contribution in [0.5, 0.6) is 34.6 Å². The van der Waals surface area contributed by atoms with Gasteiger partial charge in [0.15, 0.2) is 23.0 Å². The van der Waals surface area contributed by atoms with Gasteiger partial charge < -0.3 is 24.1 Å². The highest BCUT2D eigenvalue weighted by Crippen LogP contribution is 2.49. The Bertz CT molecular complexity index is 1600. The Labute approximate surface area is 206 Å². The maximum absolute atomic E-state index is 10.1. The summed E-state index contributed by atoms with van der Waals surface area (Å²) >= 11 is 0. The van der Waals surface area contributed by atoms with Gasteiger partial charge in [-0.05, 0) is 48.0 Å². The van der Waals surface area contributed by atoms with Crippen molar-refractivity contribution in [1.82, 2.24) is 19.6 Å². The Kier molecular flexibility index (Phi) is 5.10. The summed E-state index contributed by atoms with van der Waals surface area (Å²) in [5, 5.41) is 14.8.